The van der Waals surface area contributed by atoms with Crippen LogP contribution in [0.15, 0.2) is 16.8 Å². The molecule has 17 heavy (non-hydrogen) atoms. The Hall–Kier alpha value is -0.870. The Morgan fingerprint density at radius 1 is 1.65 bits per heavy atom. The fourth-order valence-corrected chi connectivity index (χ4v) is 3.04. The van der Waals surface area contributed by atoms with Crippen LogP contribution in [0.25, 0.3) is 0 Å². The van der Waals surface area contributed by atoms with Crippen molar-refractivity contribution in [2.75, 3.05) is 26.7 Å². The van der Waals surface area contributed by atoms with Gasteiger partial charge in [-0.25, -0.2) is 0 Å². The molecule has 0 saturated carbocycles. The number of ether oxygens (including phenoxy) is 1. The topological polar surface area (TPSA) is 29.5 Å². The lowest BCUT2D eigenvalue weighted by molar-refractivity contribution is -0.147. The van der Waals surface area contributed by atoms with Gasteiger partial charge >= 0.3 is 5.97 Å². The molecule has 0 N–H and O–H groups in total. The molecule has 2 rings (SSSR count). The second-order valence-corrected chi connectivity index (χ2v) is 5.32. The number of methoxy groups -OCH3 is 1. The molecule has 0 spiro atoms. The fourth-order valence-electron chi connectivity index (χ4n) is 2.34. The quantitative estimate of drug-likeness (QED) is 0.770. The summed E-state index contributed by atoms with van der Waals surface area (Å²) in [5.41, 5.74) is 1.40. The predicted molar refractivity (Wildman–Crippen MR) is 69.2 cm³/mol. The van der Waals surface area contributed by atoms with Crippen LogP contribution in [0.2, 0.25) is 0 Å². The van der Waals surface area contributed by atoms with E-state index < -0.39 is 0 Å². The van der Waals surface area contributed by atoms with Crippen LogP contribution in [0.4, 0.5) is 0 Å². The van der Waals surface area contributed by atoms with E-state index >= 15 is 0 Å². The summed E-state index contributed by atoms with van der Waals surface area (Å²) in [4.78, 5) is 13.9. The first-order valence-electron chi connectivity index (χ1n) is 6.11. The van der Waals surface area contributed by atoms with Crippen LogP contribution < -0.4 is 0 Å². The van der Waals surface area contributed by atoms with Crippen LogP contribution in [-0.4, -0.2) is 37.6 Å². The average Bonchev–Trinajstić information content (AvgIpc) is 2.89. The first-order valence-corrected chi connectivity index (χ1v) is 7.05. The molecular formula is C13H19NO2S. The van der Waals surface area contributed by atoms with Crippen LogP contribution in [0.1, 0.15) is 18.4 Å². The van der Waals surface area contributed by atoms with Crippen molar-refractivity contribution in [1.29, 1.82) is 0 Å². The lowest BCUT2D eigenvalue weighted by atomic mass is 9.98. The summed E-state index contributed by atoms with van der Waals surface area (Å²) in [6.07, 6.45) is 3.16. The summed E-state index contributed by atoms with van der Waals surface area (Å²) in [5, 5.41) is 4.31. The second-order valence-electron chi connectivity index (χ2n) is 4.54. The molecule has 0 radical (unpaired) electrons. The van der Waals surface area contributed by atoms with Gasteiger partial charge in [-0.15, -0.1) is 0 Å². The lowest BCUT2D eigenvalue weighted by Gasteiger charge is -2.31. The van der Waals surface area contributed by atoms with E-state index in [2.05, 4.69) is 21.7 Å². The third-order valence-electron chi connectivity index (χ3n) is 3.34. The van der Waals surface area contributed by atoms with Gasteiger partial charge in [-0.3, -0.25) is 4.79 Å². The lowest BCUT2D eigenvalue weighted by Crippen LogP contribution is -2.40. The standard InChI is InChI=1S/C13H19NO2S/c1-16-13(15)12-3-2-6-14(9-12)7-4-11-5-8-17-10-11/h5,8,10,12H,2-4,6-7,9H2,1H3/t12-/m0/s1. The zero-order valence-corrected chi connectivity index (χ0v) is 11.0. The van der Waals surface area contributed by atoms with Crippen molar-refractivity contribution in [3.8, 4) is 0 Å². The molecule has 4 heteroatoms. The van der Waals surface area contributed by atoms with E-state index in [9.17, 15) is 4.79 Å². The van der Waals surface area contributed by atoms with Crippen molar-refractivity contribution in [1.82, 2.24) is 4.90 Å². The van der Waals surface area contributed by atoms with Crippen LogP contribution in [0, 0.1) is 5.92 Å². The maximum absolute atomic E-state index is 11.5. The first-order chi connectivity index (χ1) is 8.29. The first kappa shape index (κ1) is 12.6. The predicted octanol–water partition coefficient (Wildman–Crippen LogP) is 2.18. The van der Waals surface area contributed by atoms with Crippen molar-refractivity contribution in [3.05, 3.63) is 22.4 Å². The van der Waals surface area contributed by atoms with E-state index in [1.165, 1.54) is 12.7 Å². The number of carbonyl (C=O) groups is 1. The molecule has 1 aromatic rings. The van der Waals surface area contributed by atoms with Gasteiger partial charge in [-0.1, -0.05) is 0 Å². The minimum Gasteiger partial charge on any atom is -0.469 e. The monoisotopic (exact) mass is 253 g/mol. The minimum atomic E-state index is -0.0507. The molecule has 94 valence electrons. The molecule has 3 nitrogen and oxygen atoms in total. The van der Waals surface area contributed by atoms with Gasteiger partial charge in [0.05, 0.1) is 13.0 Å². The Kier molecular flexibility index (Phi) is 4.57. The molecule has 0 bridgehead atoms. The molecule has 1 atom stereocenters. The van der Waals surface area contributed by atoms with Crippen molar-refractivity contribution in [2.24, 2.45) is 5.92 Å². The van der Waals surface area contributed by atoms with E-state index in [0.717, 1.165) is 38.9 Å². The van der Waals surface area contributed by atoms with Gasteiger partial charge in [-0.2, -0.15) is 11.3 Å². The van der Waals surface area contributed by atoms with Gasteiger partial charge in [0.15, 0.2) is 0 Å². The normalized spacial score (nSPS) is 21.4. The Balaban J connectivity index is 1.79. The van der Waals surface area contributed by atoms with Gasteiger partial charge in [0.2, 0.25) is 0 Å². The van der Waals surface area contributed by atoms with Crippen LogP contribution in [-0.2, 0) is 16.0 Å². The number of thiophene rings is 1. The van der Waals surface area contributed by atoms with E-state index in [4.69, 9.17) is 4.74 Å². The summed E-state index contributed by atoms with van der Waals surface area (Å²) >= 11 is 1.74. The minimum absolute atomic E-state index is 0.0507. The largest absolute Gasteiger partial charge is 0.469 e. The summed E-state index contributed by atoms with van der Waals surface area (Å²) in [5.74, 6) is 0.0291. The molecule has 1 fully saturated rings. The number of carbonyl (C=O) groups excluding carboxylic acids is 1. The van der Waals surface area contributed by atoms with E-state index in [-0.39, 0.29) is 11.9 Å². The van der Waals surface area contributed by atoms with Crippen LogP contribution >= 0.6 is 11.3 Å². The van der Waals surface area contributed by atoms with Crippen molar-refractivity contribution in [3.63, 3.8) is 0 Å². The highest BCUT2D eigenvalue weighted by Gasteiger charge is 2.25. The number of piperidine rings is 1. The van der Waals surface area contributed by atoms with E-state index in [1.807, 2.05) is 0 Å². The fraction of sp³-hybridized carbons (Fsp3) is 0.615. The molecule has 2 heterocycles. The van der Waals surface area contributed by atoms with Crippen molar-refractivity contribution < 1.29 is 9.53 Å². The molecule has 1 aromatic heterocycles. The Labute approximate surface area is 106 Å². The molecule has 1 saturated heterocycles. The summed E-state index contributed by atoms with van der Waals surface area (Å²) in [6.45, 7) is 3.01. The highest BCUT2D eigenvalue weighted by molar-refractivity contribution is 7.07. The maximum atomic E-state index is 11.5. The molecular weight excluding hydrogens is 234 g/mol. The molecule has 1 aliphatic rings. The summed E-state index contributed by atoms with van der Waals surface area (Å²) in [7, 11) is 1.48. The average molecular weight is 253 g/mol. The van der Waals surface area contributed by atoms with Gasteiger partial charge < -0.3 is 9.64 Å². The Morgan fingerprint density at radius 2 is 2.53 bits per heavy atom. The highest BCUT2D eigenvalue weighted by Crippen LogP contribution is 2.18. The Morgan fingerprint density at radius 3 is 3.24 bits per heavy atom. The molecule has 0 amide bonds. The summed E-state index contributed by atoms with van der Waals surface area (Å²) in [6, 6.07) is 2.17. The van der Waals surface area contributed by atoms with Gasteiger partial charge in [0, 0.05) is 13.1 Å². The number of esters is 1. The van der Waals surface area contributed by atoms with E-state index in [0.29, 0.717) is 0 Å². The number of hydrogen-bond donors (Lipinski definition) is 0. The van der Waals surface area contributed by atoms with E-state index in [1.54, 1.807) is 11.3 Å². The van der Waals surface area contributed by atoms with Crippen LogP contribution in [0.3, 0.4) is 0 Å². The van der Waals surface area contributed by atoms with Gasteiger partial charge in [0.1, 0.15) is 0 Å². The van der Waals surface area contributed by atoms with Crippen LogP contribution in [0.5, 0.6) is 0 Å². The number of rotatable bonds is 4. The zero-order chi connectivity index (χ0) is 12.1. The zero-order valence-electron chi connectivity index (χ0n) is 10.2. The number of hydrogen-bond acceptors (Lipinski definition) is 4. The maximum Gasteiger partial charge on any atom is 0.309 e. The third kappa shape index (κ3) is 3.54. The third-order valence-corrected chi connectivity index (χ3v) is 4.07. The smallest absolute Gasteiger partial charge is 0.309 e. The second kappa shape index (κ2) is 6.17. The molecule has 1 aliphatic heterocycles. The van der Waals surface area contributed by atoms with Crippen molar-refractivity contribution >= 4 is 17.3 Å². The van der Waals surface area contributed by atoms with Crippen molar-refractivity contribution in [2.45, 2.75) is 19.3 Å². The molecule has 0 aromatic carbocycles. The highest BCUT2D eigenvalue weighted by atomic mass is 32.1. The number of nitrogens with zero attached hydrogens (tertiary/aromatic N) is 1. The Bertz CT molecular complexity index is 350. The molecule has 0 unspecified atom stereocenters. The SMILES string of the molecule is COC(=O)[C@H]1CCCN(CCc2ccsc2)C1. The molecule has 0 aliphatic carbocycles. The number of likely N-dealkylation sites (tertiary alicyclic amines) is 1. The van der Waals surface area contributed by atoms with Gasteiger partial charge in [0.25, 0.3) is 0 Å². The van der Waals surface area contributed by atoms with Gasteiger partial charge in [-0.05, 0) is 48.2 Å². The summed E-state index contributed by atoms with van der Waals surface area (Å²) < 4.78 is 4.82.